The molecule has 0 bridgehead atoms. The van der Waals surface area contributed by atoms with Crippen molar-refractivity contribution in [2.45, 2.75) is 19.2 Å². The third-order valence-corrected chi connectivity index (χ3v) is 4.96. The second kappa shape index (κ2) is 8.49. The van der Waals surface area contributed by atoms with Gasteiger partial charge in [0.2, 0.25) is 11.8 Å². The molecule has 4 rings (SSSR count). The van der Waals surface area contributed by atoms with E-state index in [0.29, 0.717) is 6.07 Å². The predicted octanol–water partition coefficient (Wildman–Crippen LogP) is 4.30. The average Bonchev–Trinajstić information content (AvgIpc) is 3.58. The van der Waals surface area contributed by atoms with Crippen molar-refractivity contribution in [1.29, 1.82) is 0 Å². The van der Waals surface area contributed by atoms with Gasteiger partial charge < -0.3 is 15.8 Å². The summed E-state index contributed by atoms with van der Waals surface area (Å²) in [6.07, 6.45) is 0.452. The van der Waals surface area contributed by atoms with Crippen molar-refractivity contribution in [3.63, 3.8) is 0 Å². The van der Waals surface area contributed by atoms with Gasteiger partial charge in [0.25, 0.3) is 0 Å². The second-order valence-electron chi connectivity index (χ2n) is 7.32. The number of benzene rings is 1. The maximum absolute atomic E-state index is 14.8. The molecule has 1 aliphatic carbocycles. The molecule has 2 amide bonds. The van der Waals surface area contributed by atoms with E-state index in [1.165, 1.54) is 30.7 Å². The number of halogens is 4. The molecule has 11 heteroatoms. The van der Waals surface area contributed by atoms with Gasteiger partial charge in [0.05, 0.1) is 5.56 Å². The molecule has 0 radical (unpaired) electrons. The van der Waals surface area contributed by atoms with E-state index in [1.54, 1.807) is 0 Å². The number of anilines is 1. The van der Waals surface area contributed by atoms with Crippen LogP contribution in [0.5, 0.6) is 5.75 Å². The Balaban J connectivity index is 1.84. The summed E-state index contributed by atoms with van der Waals surface area (Å²) < 4.78 is 56.0. The average molecular weight is 460 g/mol. The number of nitrogens with one attached hydrogen (secondary N) is 1. The zero-order valence-corrected chi connectivity index (χ0v) is 16.8. The zero-order valence-electron chi connectivity index (χ0n) is 16.8. The SMILES string of the molecule is NC(=O)c1ccnc(NC(=O)C2CC2)c1-c1cnccc1-c1ccc(OC(F)(F)F)cc1F. The molecule has 7 nitrogen and oxygen atoms in total. The summed E-state index contributed by atoms with van der Waals surface area (Å²) in [4.78, 5) is 32.7. The smallest absolute Gasteiger partial charge is 0.406 e. The lowest BCUT2D eigenvalue weighted by Crippen LogP contribution is -2.18. The summed E-state index contributed by atoms with van der Waals surface area (Å²) in [7, 11) is 0. The van der Waals surface area contributed by atoms with Gasteiger partial charge in [-0.2, -0.15) is 0 Å². The minimum absolute atomic E-state index is 0.00257. The number of carbonyl (C=O) groups is 2. The van der Waals surface area contributed by atoms with Crippen LogP contribution in [0.3, 0.4) is 0 Å². The summed E-state index contributed by atoms with van der Waals surface area (Å²) >= 11 is 0. The Bertz CT molecular complexity index is 1240. The normalized spacial score (nSPS) is 13.5. The first-order valence-corrected chi connectivity index (χ1v) is 9.74. The van der Waals surface area contributed by atoms with Crippen LogP contribution >= 0.6 is 0 Å². The highest BCUT2D eigenvalue weighted by Gasteiger charge is 2.32. The van der Waals surface area contributed by atoms with E-state index in [1.807, 2.05) is 0 Å². The van der Waals surface area contributed by atoms with Crippen LogP contribution < -0.4 is 15.8 Å². The Kier molecular flexibility index (Phi) is 5.71. The van der Waals surface area contributed by atoms with Gasteiger partial charge in [-0.3, -0.25) is 14.6 Å². The Labute approximate surface area is 184 Å². The fraction of sp³-hybridized carbons (Fsp3) is 0.182. The minimum Gasteiger partial charge on any atom is -0.406 e. The fourth-order valence-corrected chi connectivity index (χ4v) is 3.34. The molecule has 0 atom stereocenters. The van der Waals surface area contributed by atoms with Crippen LogP contribution in [-0.4, -0.2) is 28.1 Å². The van der Waals surface area contributed by atoms with Crippen LogP contribution in [-0.2, 0) is 4.79 Å². The first-order chi connectivity index (χ1) is 15.6. The van der Waals surface area contributed by atoms with Crippen LogP contribution in [0.2, 0.25) is 0 Å². The molecule has 0 aliphatic heterocycles. The third kappa shape index (κ3) is 4.92. The summed E-state index contributed by atoms with van der Waals surface area (Å²) in [5, 5.41) is 2.67. The number of hydrogen-bond acceptors (Lipinski definition) is 5. The van der Waals surface area contributed by atoms with Crippen LogP contribution in [0.4, 0.5) is 23.4 Å². The highest BCUT2D eigenvalue weighted by atomic mass is 19.4. The van der Waals surface area contributed by atoms with Crippen LogP contribution in [0, 0.1) is 11.7 Å². The number of carbonyl (C=O) groups excluding carboxylic acids is 2. The monoisotopic (exact) mass is 460 g/mol. The van der Waals surface area contributed by atoms with Gasteiger partial charge in [-0.1, -0.05) is 0 Å². The zero-order chi connectivity index (χ0) is 23.8. The quantitative estimate of drug-likeness (QED) is 0.534. The molecular weight excluding hydrogens is 444 g/mol. The first-order valence-electron chi connectivity index (χ1n) is 9.74. The maximum atomic E-state index is 14.8. The number of rotatable bonds is 6. The number of pyridine rings is 2. The molecule has 0 unspecified atom stereocenters. The molecule has 3 N–H and O–H groups in total. The van der Waals surface area contributed by atoms with Crippen molar-refractivity contribution in [3.8, 4) is 28.0 Å². The number of primary amides is 1. The van der Waals surface area contributed by atoms with Crippen molar-refractivity contribution in [2.24, 2.45) is 11.7 Å². The van der Waals surface area contributed by atoms with Crippen molar-refractivity contribution in [1.82, 2.24) is 9.97 Å². The summed E-state index contributed by atoms with van der Waals surface area (Å²) in [6.45, 7) is 0. The minimum atomic E-state index is -4.98. The largest absolute Gasteiger partial charge is 0.573 e. The molecule has 33 heavy (non-hydrogen) atoms. The molecule has 3 aromatic rings. The van der Waals surface area contributed by atoms with E-state index in [4.69, 9.17) is 5.73 Å². The van der Waals surface area contributed by atoms with Gasteiger partial charge in [-0.25, -0.2) is 9.37 Å². The van der Waals surface area contributed by atoms with E-state index in [2.05, 4.69) is 20.0 Å². The summed E-state index contributed by atoms with van der Waals surface area (Å²) in [5.41, 5.74) is 5.96. The van der Waals surface area contributed by atoms with Gasteiger partial charge in [0, 0.05) is 47.3 Å². The fourth-order valence-electron chi connectivity index (χ4n) is 3.34. The summed E-state index contributed by atoms with van der Waals surface area (Å²) in [6, 6.07) is 5.43. The second-order valence-corrected chi connectivity index (χ2v) is 7.32. The molecular formula is C22H16F4N4O3. The number of hydrogen-bond donors (Lipinski definition) is 2. The molecule has 1 aromatic carbocycles. The van der Waals surface area contributed by atoms with E-state index in [0.717, 1.165) is 25.0 Å². The number of amides is 2. The van der Waals surface area contributed by atoms with Crippen molar-refractivity contribution in [2.75, 3.05) is 5.32 Å². The number of ether oxygens (including phenoxy) is 1. The van der Waals surface area contributed by atoms with Gasteiger partial charge in [-0.05, 0) is 42.7 Å². The van der Waals surface area contributed by atoms with E-state index >= 15 is 0 Å². The topological polar surface area (TPSA) is 107 Å². The van der Waals surface area contributed by atoms with E-state index < -0.39 is 23.8 Å². The van der Waals surface area contributed by atoms with Gasteiger partial charge in [0.15, 0.2) is 0 Å². The van der Waals surface area contributed by atoms with Crippen LogP contribution in [0.25, 0.3) is 22.3 Å². The Hall–Kier alpha value is -4.02. The van der Waals surface area contributed by atoms with E-state index in [-0.39, 0.29) is 45.5 Å². The van der Waals surface area contributed by atoms with Gasteiger partial charge in [-0.15, -0.1) is 13.2 Å². The number of nitrogens with zero attached hydrogens (tertiary/aromatic N) is 2. The highest BCUT2D eigenvalue weighted by molar-refractivity contribution is 6.07. The lowest BCUT2D eigenvalue weighted by atomic mass is 9.93. The third-order valence-electron chi connectivity index (χ3n) is 4.96. The molecule has 1 fully saturated rings. The highest BCUT2D eigenvalue weighted by Crippen LogP contribution is 2.40. The Morgan fingerprint density at radius 3 is 2.45 bits per heavy atom. The molecule has 2 aromatic heterocycles. The number of aromatic nitrogens is 2. The lowest BCUT2D eigenvalue weighted by Gasteiger charge is -2.17. The Morgan fingerprint density at radius 2 is 1.82 bits per heavy atom. The van der Waals surface area contributed by atoms with Gasteiger partial charge >= 0.3 is 6.36 Å². The molecule has 0 spiro atoms. The summed E-state index contributed by atoms with van der Waals surface area (Å²) in [5.74, 6) is -2.96. The number of alkyl halides is 3. The van der Waals surface area contributed by atoms with E-state index in [9.17, 15) is 27.2 Å². The molecule has 2 heterocycles. The van der Waals surface area contributed by atoms with Crippen molar-refractivity contribution >= 4 is 17.6 Å². The van der Waals surface area contributed by atoms with Crippen LogP contribution in [0.1, 0.15) is 23.2 Å². The molecule has 0 saturated heterocycles. The van der Waals surface area contributed by atoms with Crippen molar-refractivity contribution in [3.05, 3.63) is 60.3 Å². The maximum Gasteiger partial charge on any atom is 0.573 e. The lowest BCUT2D eigenvalue weighted by molar-refractivity contribution is -0.274. The number of nitrogens with two attached hydrogens (primary N) is 1. The molecule has 1 saturated carbocycles. The molecule has 1 aliphatic rings. The predicted molar refractivity (Wildman–Crippen MR) is 109 cm³/mol. The standard InChI is InChI=1S/C22H16F4N4O3/c23-17-9-12(33-22(24,25)26)3-4-14(17)13-5-7-28-10-16(13)18-15(19(27)31)6-8-29-20(18)30-21(32)11-1-2-11/h3-11H,1-2H2,(H2,27,31)(H,29,30,32). The van der Waals surface area contributed by atoms with Crippen molar-refractivity contribution < 1.29 is 31.9 Å². The molecule has 170 valence electrons. The van der Waals surface area contributed by atoms with Crippen LogP contribution in [0.15, 0.2) is 48.9 Å². The van der Waals surface area contributed by atoms with Gasteiger partial charge in [0.1, 0.15) is 17.4 Å². The first kappa shape index (κ1) is 22.2. The Morgan fingerprint density at radius 1 is 1.06 bits per heavy atom.